The van der Waals surface area contributed by atoms with E-state index in [1.165, 1.54) is 11.5 Å². The molecule has 2 aromatic heterocycles. The molecule has 0 fully saturated rings. The second-order valence-corrected chi connectivity index (χ2v) is 4.00. The lowest BCUT2D eigenvalue weighted by Gasteiger charge is -2.00. The summed E-state index contributed by atoms with van der Waals surface area (Å²) in [5.74, 6) is 1.22. The van der Waals surface area contributed by atoms with Gasteiger partial charge in [-0.15, -0.1) is 0 Å². The largest absolute Gasteiger partial charge is 0.274 e. The minimum Gasteiger partial charge on any atom is -0.274 e. The number of aromatic nitrogens is 4. The number of rotatable bonds is 3. The van der Waals surface area contributed by atoms with Gasteiger partial charge >= 0.3 is 0 Å². The summed E-state index contributed by atoms with van der Waals surface area (Å²) in [4.78, 5) is 8.41. The van der Waals surface area contributed by atoms with Gasteiger partial charge in [0.25, 0.3) is 0 Å². The van der Waals surface area contributed by atoms with Crippen molar-refractivity contribution in [3.05, 3.63) is 23.7 Å². The van der Waals surface area contributed by atoms with Crippen molar-refractivity contribution < 1.29 is 0 Å². The van der Waals surface area contributed by atoms with Crippen LogP contribution in [0.4, 0.5) is 0 Å². The zero-order valence-corrected chi connectivity index (χ0v) is 9.03. The first-order chi connectivity index (χ1) is 6.81. The van der Waals surface area contributed by atoms with Crippen LogP contribution in [0.5, 0.6) is 0 Å². The Morgan fingerprint density at radius 1 is 1.57 bits per heavy atom. The average molecular weight is 208 g/mol. The van der Waals surface area contributed by atoms with Gasteiger partial charge in [0.2, 0.25) is 5.95 Å². The van der Waals surface area contributed by atoms with Crippen LogP contribution < -0.4 is 0 Å². The molecule has 0 amide bonds. The molecule has 0 saturated carbocycles. The van der Waals surface area contributed by atoms with Gasteiger partial charge in [-0.25, -0.2) is 9.97 Å². The van der Waals surface area contributed by atoms with Crippen LogP contribution in [0.25, 0.3) is 5.95 Å². The van der Waals surface area contributed by atoms with Gasteiger partial charge in [0.05, 0.1) is 0 Å². The summed E-state index contributed by atoms with van der Waals surface area (Å²) in [5, 5.41) is 1.09. The van der Waals surface area contributed by atoms with E-state index in [1.54, 1.807) is 12.5 Å². The molecule has 14 heavy (non-hydrogen) atoms. The molecule has 2 aromatic rings. The Morgan fingerprint density at radius 2 is 2.43 bits per heavy atom. The number of nitrogens with zero attached hydrogens (tertiary/aromatic N) is 4. The van der Waals surface area contributed by atoms with Crippen LogP contribution in [-0.2, 0) is 0 Å². The quantitative estimate of drug-likeness (QED) is 0.777. The zero-order chi connectivity index (χ0) is 9.97. The third-order valence-corrected chi connectivity index (χ3v) is 3.14. The van der Waals surface area contributed by atoms with Crippen LogP contribution in [0.15, 0.2) is 18.7 Å². The molecular weight excluding hydrogens is 196 g/mol. The number of hydrogen-bond donors (Lipinski definition) is 0. The van der Waals surface area contributed by atoms with E-state index in [2.05, 4.69) is 28.2 Å². The van der Waals surface area contributed by atoms with E-state index in [9.17, 15) is 0 Å². The maximum Gasteiger partial charge on any atom is 0.246 e. The van der Waals surface area contributed by atoms with Gasteiger partial charge in [-0.2, -0.15) is 4.37 Å². The molecule has 0 saturated heterocycles. The lowest BCUT2D eigenvalue weighted by atomic mass is 10.1. The van der Waals surface area contributed by atoms with Crippen LogP contribution in [0.2, 0.25) is 0 Å². The summed E-state index contributed by atoms with van der Waals surface area (Å²) in [6.45, 7) is 4.32. The maximum absolute atomic E-state index is 4.45. The predicted octanol–water partition coefficient (Wildman–Crippen LogP) is 2.24. The average Bonchev–Trinajstić information content (AvgIpc) is 2.86. The third-order valence-electron chi connectivity index (χ3n) is 2.20. The summed E-state index contributed by atoms with van der Waals surface area (Å²) in [7, 11) is 0. The van der Waals surface area contributed by atoms with Crippen LogP contribution in [0.3, 0.4) is 0 Å². The highest BCUT2D eigenvalue weighted by Gasteiger charge is 2.10. The van der Waals surface area contributed by atoms with Gasteiger partial charge in [0.15, 0.2) is 0 Å². The molecule has 0 aliphatic heterocycles. The van der Waals surface area contributed by atoms with Crippen LogP contribution in [0, 0.1) is 0 Å². The van der Waals surface area contributed by atoms with Gasteiger partial charge in [0.1, 0.15) is 11.3 Å². The lowest BCUT2D eigenvalue weighted by Crippen LogP contribution is -1.94. The van der Waals surface area contributed by atoms with Crippen LogP contribution >= 0.6 is 11.5 Å². The third kappa shape index (κ3) is 1.68. The lowest BCUT2D eigenvalue weighted by molar-refractivity contribution is 0.723. The van der Waals surface area contributed by atoms with Crippen LogP contribution in [-0.4, -0.2) is 18.9 Å². The molecule has 5 heteroatoms. The fraction of sp³-hybridized carbons (Fsp3) is 0.444. The van der Waals surface area contributed by atoms with E-state index in [-0.39, 0.29) is 0 Å². The summed E-state index contributed by atoms with van der Waals surface area (Å²) < 4.78 is 6.10. The molecule has 2 heterocycles. The molecular formula is C9H12N4S. The first kappa shape index (κ1) is 9.33. The minimum atomic E-state index is 0.491. The van der Waals surface area contributed by atoms with Gasteiger partial charge in [0, 0.05) is 18.3 Å². The summed E-state index contributed by atoms with van der Waals surface area (Å²) in [6, 6.07) is 0. The molecule has 0 radical (unpaired) electrons. The summed E-state index contributed by atoms with van der Waals surface area (Å²) in [5.41, 5.74) is 0. The topological polar surface area (TPSA) is 43.6 Å². The molecule has 1 unspecified atom stereocenters. The molecule has 0 aliphatic carbocycles. The molecule has 0 N–H and O–H groups in total. The standard InChI is InChI=1S/C9H12N4S/c1-3-7(2)8-11-9(12-14-8)13-5-4-10-6-13/h4-7H,3H2,1-2H3. The SMILES string of the molecule is CCC(C)c1nc(-n2ccnc2)ns1. The van der Waals surface area contributed by atoms with E-state index in [0.717, 1.165) is 17.4 Å². The Hall–Kier alpha value is -1.23. The zero-order valence-electron chi connectivity index (χ0n) is 8.21. The molecule has 0 bridgehead atoms. The summed E-state index contributed by atoms with van der Waals surface area (Å²) >= 11 is 1.47. The smallest absolute Gasteiger partial charge is 0.246 e. The monoisotopic (exact) mass is 208 g/mol. The van der Waals surface area contributed by atoms with E-state index in [1.807, 2.05) is 10.8 Å². The predicted molar refractivity (Wildman–Crippen MR) is 55.7 cm³/mol. The van der Waals surface area contributed by atoms with Crippen molar-refractivity contribution in [3.63, 3.8) is 0 Å². The fourth-order valence-electron chi connectivity index (χ4n) is 1.08. The first-order valence-electron chi connectivity index (χ1n) is 4.63. The molecule has 1 atom stereocenters. The van der Waals surface area contributed by atoms with Crippen molar-refractivity contribution in [2.24, 2.45) is 0 Å². The highest BCUT2D eigenvalue weighted by molar-refractivity contribution is 7.05. The minimum absolute atomic E-state index is 0.491. The Morgan fingerprint density at radius 3 is 3.07 bits per heavy atom. The normalized spacial score (nSPS) is 13.0. The molecule has 74 valence electrons. The molecule has 0 aliphatic rings. The second kappa shape index (κ2) is 3.88. The Labute approximate surface area is 86.8 Å². The number of hydrogen-bond acceptors (Lipinski definition) is 4. The fourth-order valence-corrected chi connectivity index (χ4v) is 1.86. The van der Waals surface area contributed by atoms with Crippen LogP contribution in [0.1, 0.15) is 31.2 Å². The van der Waals surface area contributed by atoms with E-state index in [4.69, 9.17) is 0 Å². The van der Waals surface area contributed by atoms with E-state index < -0.39 is 0 Å². The maximum atomic E-state index is 4.45. The van der Waals surface area contributed by atoms with E-state index >= 15 is 0 Å². The second-order valence-electron chi connectivity index (χ2n) is 3.21. The summed E-state index contributed by atoms with van der Waals surface area (Å²) in [6.07, 6.45) is 6.38. The Balaban J connectivity index is 2.26. The van der Waals surface area contributed by atoms with Crippen molar-refractivity contribution >= 4 is 11.5 Å². The van der Waals surface area contributed by atoms with Crippen molar-refractivity contribution in [1.82, 2.24) is 18.9 Å². The van der Waals surface area contributed by atoms with Crippen molar-refractivity contribution in [3.8, 4) is 5.95 Å². The Bertz CT molecular complexity index is 393. The van der Waals surface area contributed by atoms with Crippen molar-refractivity contribution in [2.75, 3.05) is 0 Å². The van der Waals surface area contributed by atoms with Crippen molar-refractivity contribution in [2.45, 2.75) is 26.2 Å². The molecule has 0 aromatic carbocycles. The van der Waals surface area contributed by atoms with Crippen molar-refractivity contribution in [1.29, 1.82) is 0 Å². The molecule has 0 spiro atoms. The van der Waals surface area contributed by atoms with Gasteiger partial charge in [-0.3, -0.25) is 4.57 Å². The highest BCUT2D eigenvalue weighted by Crippen LogP contribution is 2.21. The van der Waals surface area contributed by atoms with Gasteiger partial charge in [-0.1, -0.05) is 13.8 Å². The molecule has 4 nitrogen and oxygen atoms in total. The van der Waals surface area contributed by atoms with Gasteiger partial charge in [-0.05, 0) is 18.0 Å². The van der Waals surface area contributed by atoms with E-state index in [0.29, 0.717) is 5.92 Å². The number of imidazole rings is 1. The first-order valence-corrected chi connectivity index (χ1v) is 5.40. The van der Waals surface area contributed by atoms with Gasteiger partial charge < -0.3 is 0 Å². The molecule has 2 rings (SSSR count). The highest BCUT2D eigenvalue weighted by atomic mass is 32.1. The Kier molecular flexibility index (Phi) is 2.58.